The molecule has 5 nitrogen and oxygen atoms in total. The molecule has 6 heteroatoms. The summed E-state index contributed by atoms with van der Waals surface area (Å²) in [6, 6.07) is 38.5. The van der Waals surface area contributed by atoms with Crippen LogP contribution in [0.15, 0.2) is 128 Å². The molecule has 3 heterocycles. The number of benzene rings is 5. The van der Waals surface area contributed by atoms with E-state index in [1.807, 2.05) is 60.7 Å². The Morgan fingerprint density at radius 1 is 0.646 bits per heavy atom. The normalized spacial score (nSPS) is 14.4. The molecule has 240 valence electrons. The van der Waals surface area contributed by atoms with E-state index in [1.165, 1.54) is 23.9 Å². The molecule has 0 unspecified atom stereocenters. The van der Waals surface area contributed by atoms with Crippen molar-refractivity contribution in [2.75, 3.05) is 0 Å². The van der Waals surface area contributed by atoms with Gasteiger partial charge in [0.2, 0.25) is 0 Å². The fraction of sp³-hybridized carbons (Fsp3) is 0.143. The number of hydrogen-bond acceptors (Lipinski definition) is 2. The van der Waals surface area contributed by atoms with Gasteiger partial charge in [0.1, 0.15) is 0 Å². The summed E-state index contributed by atoms with van der Waals surface area (Å²) in [5.41, 5.74) is 6.72. The van der Waals surface area contributed by atoms with Crippen molar-refractivity contribution in [2.45, 2.75) is 39.9 Å². The van der Waals surface area contributed by atoms with Crippen molar-refractivity contribution in [2.24, 2.45) is 0 Å². The molecule has 0 saturated carbocycles. The van der Waals surface area contributed by atoms with Crippen LogP contribution in [-0.4, -0.2) is 18.7 Å². The van der Waals surface area contributed by atoms with Gasteiger partial charge in [-0.05, 0) is 18.5 Å². The van der Waals surface area contributed by atoms with E-state index in [9.17, 15) is 0 Å². The number of aryl methyl sites for hydroxylation is 2. The predicted octanol–water partition coefficient (Wildman–Crippen LogP) is 10.7. The Kier molecular flexibility index (Phi) is 5.85. The second-order valence-corrected chi connectivity index (χ2v) is 13.9. The van der Waals surface area contributed by atoms with Crippen molar-refractivity contribution in [3.8, 4) is 28.7 Å². The Morgan fingerprint density at radius 3 is 2.08 bits per heavy atom. The standard InChI is InChI=1S/C42H36N4O.Pt/c1-28-20-21-43-40(22-28)46-36-17-7-6-16-35(36)41-29(2)23-34(26-39(41)46)47-33-15-11-14-32(25-33)45-27-44(37-18-8-9-19-38(37)45)31-13-10-12-30(24-31)42(3,4)5;/h6-26H,1-5H3;/i1D3,2D3;. The predicted molar refractivity (Wildman–Crippen MR) is 193 cm³/mol. The van der Waals surface area contributed by atoms with Crippen LogP contribution in [0.25, 0.3) is 50.0 Å². The van der Waals surface area contributed by atoms with Gasteiger partial charge < -0.3 is 0 Å². The van der Waals surface area contributed by atoms with Gasteiger partial charge in [0.25, 0.3) is 0 Å². The Bertz CT molecular complexity index is 2800. The molecule has 8 rings (SSSR count). The summed E-state index contributed by atoms with van der Waals surface area (Å²) >= 11 is 2.37. The molecule has 0 radical (unpaired) electrons. The average molecular weight is 814 g/mol. The maximum absolute atomic E-state index is 8.58. The summed E-state index contributed by atoms with van der Waals surface area (Å²) < 4.78 is 63.5. The SMILES string of the molecule is [2H]C([2H])([2H])c1ccnc(-n2c3ccccc3c3c(C([2H])([2H])[2H])cc(Oc4cccc(-n5[c](=[Pt])n(-c6cccc(C(C)(C)C)c6)c6ccccc65)c4)cc32)c1. The minimum absolute atomic E-state index is 0.0126. The molecule has 0 saturated heterocycles. The number of fused-ring (bicyclic) bond motifs is 4. The molecule has 0 fully saturated rings. The van der Waals surface area contributed by atoms with Crippen LogP contribution in [0.3, 0.4) is 0 Å². The quantitative estimate of drug-likeness (QED) is 0.174. The van der Waals surface area contributed by atoms with Crippen LogP contribution < -0.4 is 4.74 Å². The van der Waals surface area contributed by atoms with Crippen LogP contribution in [0, 0.1) is 17.5 Å². The first-order valence-electron chi connectivity index (χ1n) is 18.7. The van der Waals surface area contributed by atoms with E-state index in [-0.39, 0.29) is 16.5 Å². The number of hydrogen-bond donors (Lipinski definition) is 0. The van der Waals surface area contributed by atoms with Crippen molar-refractivity contribution in [1.29, 1.82) is 0 Å². The number of ether oxygens (including phenoxy) is 1. The van der Waals surface area contributed by atoms with Crippen LogP contribution in [-0.2, 0) is 24.8 Å². The number of aromatic nitrogens is 4. The first-order chi connectivity index (χ1) is 25.6. The number of pyridine rings is 1. The summed E-state index contributed by atoms with van der Waals surface area (Å²) in [5, 5.41) is 1.24. The van der Waals surface area contributed by atoms with Crippen LogP contribution in [0.4, 0.5) is 0 Å². The zero-order chi connectivity index (χ0) is 38.2. The van der Waals surface area contributed by atoms with Crippen molar-refractivity contribution < 1.29 is 32.3 Å². The van der Waals surface area contributed by atoms with E-state index in [2.05, 4.69) is 90.6 Å². The number of para-hydroxylation sites is 3. The van der Waals surface area contributed by atoms with E-state index in [1.54, 1.807) is 16.7 Å². The maximum atomic E-state index is 8.58. The molecule has 0 atom stereocenters. The van der Waals surface area contributed by atoms with Gasteiger partial charge in [0.05, 0.1) is 0 Å². The van der Waals surface area contributed by atoms with Gasteiger partial charge in [-0.25, -0.2) is 0 Å². The van der Waals surface area contributed by atoms with Crippen molar-refractivity contribution in [1.82, 2.24) is 18.7 Å². The second kappa shape index (κ2) is 11.6. The number of nitrogens with zero attached hydrogens (tertiary/aromatic N) is 4. The van der Waals surface area contributed by atoms with E-state index >= 15 is 0 Å². The van der Waals surface area contributed by atoms with Gasteiger partial charge >= 0.3 is 260 Å². The zero-order valence-corrected chi connectivity index (χ0v) is 28.9. The van der Waals surface area contributed by atoms with Crippen LogP contribution in [0.1, 0.15) is 45.7 Å². The van der Waals surface area contributed by atoms with E-state index in [0.29, 0.717) is 39.1 Å². The van der Waals surface area contributed by atoms with Gasteiger partial charge in [-0.1, -0.05) is 12.1 Å². The third-order valence-corrected chi connectivity index (χ3v) is 9.72. The summed E-state index contributed by atoms with van der Waals surface area (Å²) in [6.45, 7) is 1.80. The fourth-order valence-electron chi connectivity index (χ4n) is 6.45. The van der Waals surface area contributed by atoms with Crippen LogP contribution >= 0.6 is 0 Å². The molecule has 0 aliphatic heterocycles. The molecule has 3 aromatic heterocycles. The molecule has 48 heavy (non-hydrogen) atoms. The van der Waals surface area contributed by atoms with E-state index in [0.717, 1.165) is 26.2 Å². The Hall–Kier alpha value is -4.99. The molecular formula is C42H36N4OPt. The Balaban J connectivity index is 1.28. The average Bonchev–Trinajstić information content (AvgIpc) is 3.61. The number of imidazole rings is 1. The molecule has 0 aliphatic rings. The van der Waals surface area contributed by atoms with Gasteiger partial charge in [-0.15, -0.1) is 0 Å². The minimum atomic E-state index is -2.49. The molecule has 0 amide bonds. The van der Waals surface area contributed by atoms with Crippen molar-refractivity contribution >= 4 is 32.8 Å². The van der Waals surface area contributed by atoms with Crippen LogP contribution in [0.2, 0.25) is 0 Å². The van der Waals surface area contributed by atoms with Gasteiger partial charge in [0, 0.05) is 10.3 Å². The third-order valence-electron chi connectivity index (χ3n) is 8.71. The number of rotatable bonds is 5. The zero-order valence-electron chi connectivity index (χ0n) is 32.6. The van der Waals surface area contributed by atoms with Gasteiger partial charge in [-0.2, -0.15) is 0 Å². The molecular weight excluding hydrogens is 772 g/mol. The van der Waals surface area contributed by atoms with Gasteiger partial charge in [0.15, 0.2) is 0 Å². The molecule has 0 spiro atoms. The summed E-state index contributed by atoms with van der Waals surface area (Å²) in [5.74, 6) is 1.20. The second-order valence-electron chi connectivity index (χ2n) is 12.9. The van der Waals surface area contributed by atoms with E-state index in [4.69, 9.17) is 13.0 Å². The van der Waals surface area contributed by atoms with Crippen LogP contribution in [0.5, 0.6) is 11.5 Å². The molecule has 0 aliphatic carbocycles. The Labute approximate surface area is 299 Å². The Morgan fingerprint density at radius 2 is 1.35 bits per heavy atom. The first kappa shape index (κ1) is 24.2. The summed E-state index contributed by atoms with van der Waals surface area (Å²) in [4.78, 5) is 4.55. The fourth-order valence-corrected chi connectivity index (χ4v) is 7.59. The molecule has 5 aromatic carbocycles. The third kappa shape index (κ3) is 5.14. The van der Waals surface area contributed by atoms with E-state index < -0.39 is 13.7 Å². The van der Waals surface area contributed by atoms with Crippen molar-refractivity contribution in [3.05, 3.63) is 148 Å². The summed E-state index contributed by atoms with van der Waals surface area (Å²) in [7, 11) is 0. The first-order valence-corrected chi connectivity index (χ1v) is 16.8. The van der Waals surface area contributed by atoms with Gasteiger partial charge in [-0.3, -0.25) is 0 Å². The monoisotopic (exact) mass is 813 g/mol. The topological polar surface area (TPSA) is 36.9 Å². The molecule has 0 N–H and O–H groups in total. The van der Waals surface area contributed by atoms with Crippen molar-refractivity contribution in [3.63, 3.8) is 0 Å². The molecule has 0 bridgehead atoms. The molecule has 8 aromatic rings. The summed E-state index contributed by atoms with van der Waals surface area (Å²) in [6.07, 6.45) is 1.46.